The summed E-state index contributed by atoms with van der Waals surface area (Å²) in [6.45, 7) is 3.60. The van der Waals surface area contributed by atoms with Crippen LogP contribution in [0.1, 0.15) is 18.2 Å². The highest BCUT2D eigenvalue weighted by Crippen LogP contribution is 2.16. The van der Waals surface area contributed by atoms with E-state index in [1.165, 1.54) is 0 Å². The summed E-state index contributed by atoms with van der Waals surface area (Å²) in [4.78, 5) is 0. The number of nitrogens with zero attached hydrogens (tertiary/aromatic N) is 2. The van der Waals surface area contributed by atoms with Gasteiger partial charge in [0.05, 0.1) is 11.4 Å². The van der Waals surface area contributed by atoms with E-state index in [1.807, 2.05) is 42.6 Å². The van der Waals surface area contributed by atoms with E-state index in [9.17, 15) is 5.11 Å². The lowest BCUT2D eigenvalue weighted by molar-refractivity contribution is 0.176. The first-order valence-corrected chi connectivity index (χ1v) is 5.21. The van der Waals surface area contributed by atoms with Crippen LogP contribution in [0.25, 0.3) is 5.69 Å². The van der Waals surface area contributed by atoms with Gasteiger partial charge in [-0.25, -0.2) is 4.68 Å². The van der Waals surface area contributed by atoms with Crippen molar-refractivity contribution in [2.45, 2.75) is 12.5 Å². The minimum absolute atomic E-state index is 0.520. The molecule has 0 bridgehead atoms. The smallest absolute Gasteiger partial charge is 0.101 e. The highest BCUT2D eigenvalue weighted by Gasteiger charge is 2.09. The van der Waals surface area contributed by atoms with E-state index in [-0.39, 0.29) is 0 Å². The summed E-state index contributed by atoms with van der Waals surface area (Å²) in [6, 6.07) is 11.6. The molecular weight excluding hydrogens is 200 g/mol. The standard InChI is InChI=1S/C13H14N2O/c1-2-6-13(16)12-9-10-15(14-12)11-7-4-3-5-8-11/h2-5,7-10,13,16H,1,6H2. The van der Waals surface area contributed by atoms with E-state index in [4.69, 9.17) is 0 Å². The zero-order valence-electron chi connectivity index (χ0n) is 8.95. The van der Waals surface area contributed by atoms with Gasteiger partial charge in [-0.05, 0) is 24.6 Å². The SMILES string of the molecule is C=CCC(O)c1ccn(-c2ccccc2)n1. The normalized spacial score (nSPS) is 12.3. The fourth-order valence-electron chi connectivity index (χ4n) is 1.52. The molecule has 0 aliphatic carbocycles. The zero-order chi connectivity index (χ0) is 11.4. The maximum atomic E-state index is 9.73. The van der Waals surface area contributed by atoms with Crippen molar-refractivity contribution in [1.29, 1.82) is 0 Å². The highest BCUT2D eigenvalue weighted by atomic mass is 16.3. The largest absolute Gasteiger partial charge is 0.386 e. The number of hydrogen-bond donors (Lipinski definition) is 1. The van der Waals surface area contributed by atoms with Gasteiger partial charge in [-0.2, -0.15) is 5.10 Å². The Kier molecular flexibility index (Phi) is 3.17. The summed E-state index contributed by atoms with van der Waals surface area (Å²) < 4.78 is 1.75. The summed E-state index contributed by atoms with van der Waals surface area (Å²) >= 11 is 0. The molecule has 0 saturated carbocycles. The first-order valence-electron chi connectivity index (χ1n) is 5.21. The molecule has 3 nitrogen and oxygen atoms in total. The number of benzene rings is 1. The molecule has 1 atom stereocenters. The van der Waals surface area contributed by atoms with Crippen LogP contribution in [0.3, 0.4) is 0 Å². The monoisotopic (exact) mass is 214 g/mol. The fourth-order valence-corrected chi connectivity index (χ4v) is 1.52. The van der Waals surface area contributed by atoms with E-state index in [0.717, 1.165) is 5.69 Å². The molecule has 0 radical (unpaired) electrons. The predicted molar refractivity (Wildman–Crippen MR) is 63.3 cm³/mol. The van der Waals surface area contributed by atoms with Gasteiger partial charge in [0.1, 0.15) is 6.10 Å². The molecule has 16 heavy (non-hydrogen) atoms. The Morgan fingerprint density at radius 2 is 2.06 bits per heavy atom. The average Bonchev–Trinajstić information content (AvgIpc) is 2.80. The fraction of sp³-hybridized carbons (Fsp3) is 0.154. The number of aliphatic hydroxyl groups is 1. The Morgan fingerprint density at radius 3 is 2.75 bits per heavy atom. The van der Waals surface area contributed by atoms with Crippen LogP contribution in [-0.2, 0) is 0 Å². The van der Waals surface area contributed by atoms with Gasteiger partial charge in [-0.3, -0.25) is 0 Å². The van der Waals surface area contributed by atoms with Gasteiger partial charge in [0.25, 0.3) is 0 Å². The van der Waals surface area contributed by atoms with Crippen LogP contribution in [0.15, 0.2) is 55.3 Å². The molecule has 3 heteroatoms. The molecule has 1 N–H and O–H groups in total. The van der Waals surface area contributed by atoms with Crippen LogP contribution in [-0.4, -0.2) is 14.9 Å². The van der Waals surface area contributed by atoms with E-state index in [2.05, 4.69) is 11.7 Å². The molecule has 0 aliphatic heterocycles. The van der Waals surface area contributed by atoms with Crippen LogP contribution >= 0.6 is 0 Å². The van der Waals surface area contributed by atoms with Crippen molar-refractivity contribution in [2.75, 3.05) is 0 Å². The summed E-state index contributed by atoms with van der Waals surface area (Å²) in [5.41, 5.74) is 1.66. The van der Waals surface area contributed by atoms with Gasteiger partial charge in [-0.15, -0.1) is 6.58 Å². The summed E-state index contributed by atoms with van der Waals surface area (Å²) in [6.07, 6.45) is 3.48. The van der Waals surface area contributed by atoms with E-state index < -0.39 is 6.10 Å². The van der Waals surface area contributed by atoms with Gasteiger partial charge in [0, 0.05) is 6.20 Å². The zero-order valence-corrected chi connectivity index (χ0v) is 8.95. The maximum absolute atomic E-state index is 9.73. The molecule has 0 aliphatic rings. The number of para-hydroxylation sites is 1. The van der Waals surface area contributed by atoms with Gasteiger partial charge >= 0.3 is 0 Å². The van der Waals surface area contributed by atoms with Crippen LogP contribution < -0.4 is 0 Å². The minimum Gasteiger partial charge on any atom is -0.386 e. The van der Waals surface area contributed by atoms with Gasteiger partial charge in [0.15, 0.2) is 0 Å². The third kappa shape index (κ3) is 2.20. The molecular formula is C13H14N2O. The molecule has 82 valence electrons. The Balaban J connectivity index is 2.23. The topological polar surface area (TPSA) is 38.0 Å². The molecule has 1 aromatic carbocycles. The van der Waals surface area contributed by atoms with Gasteiger partial charge in [-0.1, -0.05) is 24.3 Å². The van der Waals surface area contributed by atoms with Crippen LogP contribution in [0.2, 0.25) is 0 Å². The van der Waals surface area contributed by atoms with Crippen molar-refractivity contribution in [3.8, 4) is 5.69 Å². The van der Waals surface area contributed by atoms with Crippen molar-refractivity contribution in [1.82, 2.24) is 9.78 Å². The van der Waals surface area contributed by atoms with E-state index in [0.29, 0.717) is 12.1 Å². The van der Waals surface area contributed by atoms with Crippen LogP contribution in [0.5, 0.6) is 0 Å². The third-order valence-corrected chi connectivity index (χ3v) is 2.36. The number of hydrogen-bond acceptors (Lipinski definition) is 2. The van der Waals surface area contributed by atoms with Crippen molar-refractivity contribution < 1.29 is 5.11 Å². The third-order valence-electron chi connectivity index (χ3n) is 2.36. The average molecular weight is 214 g/mol. The molecule has 2 aromatic rings. The Hall–Kier alpha value is -1.87. The second-order valence-corrected chi connectivity index (χ2v) is 3.56. The van der Waals surface area contributed by atoms with E-state index in [1.54, 1.807) is 10.8 Å². The molecule has 1 heterocycles. The van der Waals surface area contributed by atoms with Crippen molar-refractivity contribution in [3.63, 3.8) is 0 Å². The van der Waals surface area contributed by atoms with E-state index >= 15 is 0 Å². The van der Waals surface area contributed by atoms with Crippen LogP contribution in [0.4, 0.5) is 0 Å². The second kappa shape index (κ2) is 4.77. The molecule has 2 rings (SSSR count). The Bertz CT molecular complexity index is 462. The lowest BCUT2D eigenvalue weighted by atomic mass is 10.2. The summed E-state index contributed by atoms with van der Waals surface area (Å²) in [5, 5.41) is 14.1. The Labute approximate surface area is 94.7 Å². The summed E-state index contributed by atoms with van der Waals surface area (Å²) in [5.74, 6) is 0. The molecule has 0 spiro atoms. The second-order valence-electron chi connectivity index (χ2n) is 3.56. The minimum atomic E-state index is -0.567. The quantitative estimate of drug-likeness (QED) is 0.794. The number of aromatic nitrogens is 2. The molecule has 1 unspecified atom stereocenters. The maximum Gasteiger partial charge on any atom is 0.101 e. The number of rotatable bonds is 4. The van der Waals surface area contributed by atoms with Gasteiger partial charge < -0.3 is 5.11 Å². The molecule has 0 amide bonds. The number of aliphatic hydroxyl groups excluding tert-OH is 1. The highest BCUT2D eigenvalue weighted by molar-refractivity contribution is 5.30. The first-order chi connectivity index (χ1) is 7.81. The lowest BCUT2D eigenvalue weighted by Crippen LogP contribution is -2.00. The molecule has 0 fully saturated rings. The van der Waals surface area contributed by atoms with Gasteiger partial charge in [0.2, 0.25) is 0 Å². The first kappa shape index (κ1) is 10.6. The van der Waals surface area contributed by atoms with Crippen LogP contribution in [0, 0.1) is 0 Å². The predicted octanol–water partition coefficient (Wildman–Crippen LogP) is 2.48. The van der Waals surface area contributed by atoms with Crippen molar-refractivity contribution in [2.24, 2.45) is 0 Å². The van der Waals surface area contributed by atoms with Crippen molar-refractivity contribution >= 4 is 0 Å². The molecule has 1 aromatic heterocycles. The van der Waals surface area contributed by atoms with Crippen molar-refractivity contribution in [3.05, 3.63) is 60.9 Å². The Morgan fingerprint density at radius 1 is 1.31 bits per heavy atom. The lowest BCUT2D eigenvalue weighted by Gasteiger charge is -2.03. The summed E-state index contributed by atoms with van der Waals surface area (Å²) in [7, 11) is 0. The molecule has 0 saturated heterocycles.